The number of rotatable bonds is 1. The van der Waals surface area contributed by atoms with Crippen molar-refractivity contribution in [3.05, 3.63) is 18.0 Å². The number of amides is 1. The first-order chi connectivity index (χ1) is 7.75. The second-order valence-electron chi connectivity index (χ2n) is 4.82. The molecule has 16 heavy (non-hydrogen) atoms. The Labute approximate surface area is 94.0 Å². The first-order valence-corrected chi connectivity index (χ1v) is 5.82. The van der Waals surface area contributed by atoms with Crippen LogP contribution in [0.2, 0.25) is 0 Å². The van der Waals surface area contributed by atoms with Crippen molar-refractivity contribution in [3.8, 4) is 0 Å². The summed E-state index contributed by atoms with van der Waals surface area (Å²) in [5, 5.41) is 6.51. The van der Waals surface area contributed by atoms with Crippen LogP contribution in [0.4, 0.5) is 0 Å². The zero-order valence-corrected chi connectivity index (χ0v) is 9.10. The van der Waals surface area contributed by atoms with Crippen LogP contribution in [0.3, 0.4) is 0 Å². The molecule has 1 aromatic rings. The Kier molecular flexibility index (Phi) is 2.21. The molecule has 0 saturated carbocycles. The third kappa shape index (κ3) is 1.43. The van der Waals surface area contributed by atoms with Gasteiger partial charge in [0.25, 0.3) is 5.91 Å². The summed E-state index contributed by atoms with van der Waals surface area (Å²) in [7, 11) is 0. The lowest BCUT2D eigenvalue weighted by molar-refractivity contribution is 0.0575. The Hall–Kier alpha value is -1.36. The van der Waals surface area contributed by atoms with Crippen molar-refractivity contribution in [2.75, 3.05) is 0 Å². The van der Waals surface area contributed by atoms with E-state index in [1.807, 2.05) is 4.90 Å². The fraction of sp³-hybridized carbons (Fsp3) is 0.636. The molecule has 1 amide bonds. The molecule has 3 N–H and O–H groups in total. The standard InChI is InChI=1S/C11H16N4O/c12-8-3-9-1-2-10(4-8)15(9)11(16)7-5-13-14-6-7/h5-6,8-10H,1-4,12H2,(H,13,14). The molecule has 86 valence electrons. The van der Waals surface area contributed by atoms with E-state index in [1.165, 1.54) is 0 Å². The first kappa shape index (κ1) is 9.84. The molecule has 1 aromatic heterocycles. The number of hydrogen-bond acceptors (Lipinski definition) is 3. The molecular formula is C11H16N4O. The van der Waals surface area contributed by atoms with E-state index in [4.69, 9.17) is 5.73 Å². The molecule has 3 heterocycles. The van der Waals surface area contributed by atoms with E-state index in [2.05, 4.69) is 10.2 Å². The highest BCUT2D eigenvalue weighted by atomic mass is 16.2. The Bertz CT molecular complexity index is 375. The van der Waals surface area contributed by atoms with E-state index in [0.717, 1.165) is 25.7 Å². The monoisotopic (exact) mass is 220 g/mol. The number of hydrogen-bond donors (Lipinski definition) is 2. The molecule has 2 atom stereocenters. The van der Waals surface area contributed by atoms with E-state index in [9.17, 15) is 4.79 Å². The predicted molar refractivity (Wildman–Crippen MR) is 58.8 cm³/mol. The molecule has 2 bridgehead atoms. The molecule has 0 spiro atoms. The number of carbonyl (C=O) groups excluding carboxylic acids is 1. The minimum atomic E-state index is 0.105. The van der Waals surface area contributed by atoms with Crippen LogP contribution in [-0.4, -0.2) is 39.1 Å². The Morgan fingerprint density at radius 1 is 1.44 bits per heavy atom. The molecular weight excluding hydrogens is 204 g/mol. The van der Waals surface area contributed by atoms with Crippen molar-refractivity contribution < 1.29 is 4.79 Å². The van der Waals surface area contributed by atoms with Gasteiger partial charge in [-0.1, -0.05) is 0 Å². The summed E-state index contributed by atoms with van der Waals surface area (Å²) in [5.74, 6) is 0.105. The van der Waals surface area contributed by atoms with Crippen molar-refractivity contribution in [1.29, 1.82) is 0 Å². The smallest absolute Gasteiger partial charge is 0.257 e. The summed E-state index contributed by atoms with van der Waals surface area (Å²) in [5.41, 5.74) is 6.64. The van der Waals surface area contributed by atoms with Gasteiger partial charge in [-0.2, -0.15) is 5.10 Å². The predicted octanol–water partition coefficient (Wildman–Crippen LogP) is 0.504. The van der Waals surface area contributed by atoms with Crippen LogP contribution in [0.25, 0.3) is 0 Å². The Balaban J connectivity index is 1.84. The maximum atomic E-state index is 12.3. The molecule has 2 unspecified atom stereocenters. The lowest BCUT2D eigenvalue weighted by atomic mass is 9.97. The van der Waals surface area contributed by atoms with Gasteiger partial charge in [0.1, 0.15) is 0 Å². The summed E-state index contributed by atoms with van der Waals surface area (Å²) in [6, 6.07) is 0.957. The molecule has 2 fully saturated rings. The van der Waals surface area contributed by atoms with Gasteiger partial charge in [0.05, 0.1) is 11.8 Å². The molecule has 5 nitrogen and oxygen atoms in total. The van der Waals surface area contributed by atoms with Gasteiger partial charge in [-0.15, -0.1) is 0 Å². The Morgan fingerprint density at radius 3 is 2.69 bits per heavy atom. The molecule has 2 aliphatic heterocycles. The van der Waals surface area contributed by atoms with Crippen molar-refractivity contribution in [2.45, 2.75) is 43.8 Å². The SMILES string of the molecule is NC1CC2CCC(C1)N2C(=O)c1cn[nH]c1. The maximum Gasteiger partial charge on any atom is 0.257 e. The fourth-order valence-electron chi connectivity index (χ4n) is 3.07. The minimum absolute atomic E-state index is 0.105. The van der Waals surface area contributed by atoms with Crippen LogP contribution < -0.4 is 5.73 Å². The number of carbonyl (C=O) groups is 1. The third-order valence-electron chi connectivity index (χ3n) is 3.75. The summed E-state index contributed by atoms with van der Waals surface area (Å²) < 4.78 is 0. The number of nitrogens with zero attached hydrogens (tertiary/aromatic N) is 2. The third-order valence-corrected chi connectivity index (χ3v) is 3.75. The van der Waals surface area contributed by atoms with E-state index < -0.39 is 0 Å². The highest BCUT2D eigenvalue weighted by molar-refractivity contribution is 5.94. The van der Waals surface area contributed by atoms with Crippen molar-refractivity contribution in [2.24, 2.45) is 5.73 Å². The zero-order valence-electron chi connectivity index (χ0n) is 9.10. The maximum absolute atomic E-state index is 12.3. The first-order valence-electron chi connectivity index (χ1n) is 5.82. The van der Waals surface area contributed by atoms with Gasteiger partial charge >= 0.3 is 0 Å². The van der Waals surface area contributed by atoms with Crippen LogP contribution in [0.15, 0.2) is 12.4 Å². The van der Waals surface area contributed by atoms with Crippen LogP contribution in [-0.2, 0) is 0 Å². The van der Waals surface area contributed by atoms with Gasteiger partial charge in [0, 0.05) is 24.3 Å². The largest absolute Gasteiger partial charge is 0.332 e. The van der Waals surface area contributed by atoms with Gasteiger partial charge in [-0.05, 0) is 25.7 Å². The normalized spacial score (nSPS) is 33.1. The van der Waals surface area contributed by atoms with Crippen molar-refractivity contribution in [3.63, 3.8) is 0 Å². The Morgan fingerprint density at radius 2 is 2.12 bits per heavy atom. The molecule has 3 rings (SSSR count). The fourth-order valence-corrected chi connectivity index (χ4v) is 3.07. The molecule has 2 aliphatic rings. The van der Waals surface area contributed by atoms with Gasteiger partial charge in [-0.3, -0.25) is 9.89 Å². The number of aromatic nitrogens is 2. The second-order valence-corrected chi connectivity index (χ2v) is 4.82. The van der Waals surface area contributed by atoms with Gasteiger partial charge in [-0.25, -0.2) is 0 Å². The molecule has 2 saturated heterocycles. The van der Waals surface area contributed by atoms with Crippen LogP contribution in [0.1, 0.15) is 36.0 Å². The van der Waals surface area contributed by atoms with Gasteiger partial charge in [0.2, 0.25) is 0 Å². The lowest BCUT2D eigenvalue weighted by Gasteiger charge is -2.37. The molecule has 5 heteroatoms. The average molecular weight is 220 g/mol. The highest BCUT2D eigenvalue weighted by Gasteiger charge is 2.42. The van der Waals surface area contributed by atoms with Gasteiger partial charge in [0.15, 0.2) is 0 Å². The second kappa shape index (κ2) is 3.59. The van der Waals surface area contributed by atoms with Crippen LogP contribution in [0, 0.1) is 0 Å². The number of aromatic amines is 1. The summed E-state index contributed by atoms with van der Waals surface area (Å²) in [6.45, 7) is 0. The average Bonchev–Trinajstić information content (AvgIpc) is 2.85. The van der Waals surface area contributed by atoms with Gasteiger partial charge < -0.3 is 10.6 Å². The highest BCUT2D eigenvalue weighted by Crippen LogP contribution is 2.35. The number of nitrogens with one attached hydrogen (secondary N) is 1. The van der Waals surface area contributed by atoms with Crippen molar-refractivity contribution in [1.82, 2.24) is 15.1 Å². The molecule has 0 radical (unpaired) electrons. The summed E-state index contributed by atoms with van der Waals surface area (Å²) in [4.78, 5) is 14.3. The van der Waals surface area contributed by atoms with Crippen LogP contribution in [0.5, 0.6) is 0 Å². The van der Waals surface area contributed by atoms with E-state index in [0.29, 0.717) is 17.6 Å². The van der Waals surface area contributed by atoms with Crippen molar-refractivity contribution >= 4 is 5.91 Å². The number of fused-ring (bicyclic) bond motifs is 2. The number of nitrogens with two attached hydrogens (primary N) is 1. The number of H-pyrrole nitrogens is 1. The summed E-state index contributed by atoms with van der Waals surface area (Å²) >= 11 is 0. The molecule has 0 aromatic carbocycles. The quantitative estimate of drug-likeness (QED) is 0.724. The summed E-state index contributed by atoms with van der Waals surface area (Å²) in [6.07, 6.45) is 7.34. The topological polar surface area (TPSA) is 75.0 Å². The number of piperidine rings is 1. The van der Waals surface area contributed by atoms with E-state index in [1.54, 1.807) is 12.4 Å². The van der Waals surface area contributed by atoms with E-state index >= 15 is 0 Å². The molecule has 0 aliphatic carbocycles. The van der Waals surface area contributed by atoms with Crippen LogP contribution >= 0.6 is 0 Å². The lowest BCUT2D eigenvalue weighted by Crippen LogP contribution is -2.50. The minimum Gasteiger partial charge on any atom is -0.332 e. The zero-order chi connectivity index (χ0) is 11.1. The van der Waals surface area contributed by atoms with E-state index in [-0.39, 0.29) is 11.9 Å².